The Kier molecular flexibility index (Phi) is 6.90. The van der Waals surface area contributed by atoms with Gasteiger partial charge in [-0.15, -0.1) is 11.8 Å². The Morgan fingerprint density at radius 1 is 1.00 bits per heavy atom. The lowest BCUT2D eigenvalue weighted by Gasteiger charge is -2.11. The van der Waals surface area contributed by atoms with Crippen molar-refractivity contribution in [2.24, 2.45) is 0 Å². The second-order valence-corrected chi connectivity index (χ2v) is 7.31. The maximum absolute atomic E-state index is 12.4. The van der Waals surface area contributed by atoms with Crippen molar-refractivity contribution >= 4 is 35.4 Å². The molecule has 1 aromatic heterocycles. The minimum Gasteiger partial charge on any atom is -0.467 e. The summed E-state index contributed by atoms with van der Waals surface area (Å²) in [6.07, 6.45) is 3.23. The predicted octanol–water partition coefficient (Wildman–Crippen LogP) is 0.728. The van der Waals surface area contributed by atoms with Crippen LogP contribution in [0.25, 0.3) is 0 Å². The number of hydrazine groups is 1. The van der Waals surface area contributed by atoms with E-state index in [4.69, 9.17) is 4.42 Å². The minimum absolute atomic E-state index is 0.0417. The number of rotatable bonds is 7. The van der Waals surface area contributed by atoms with E-state index >= 15 is 0 Å². The zero-order valence-electron chi connectivity index (χ0n) is 15.4. The number of thioether (sulfide) groups is 1. The van der Waals surface area contributed by atoms with E-state index in [1.807, 2.05) is 0 Å². The van der Waals surface area contributed by atoms with Crippen LogP contribution in [-0.2, 0) is 20.9 Å². The molecule has 1 heterocycles. The van der Waals surface area contributed by atoms with E-state index in [9.17, 15) is 19.2 Å². The molecule has 4 N–H and O–H groups in total. The van der Waals surface area contributed by atoms with Crippen molar-refractivity contribution in [2.75, 3.05) is 5.75 Å². The lowest BCUT2D eigenvalue weighted by Crippen LogP contribution is -2.49. The van der Waals surface area contributed by atoms with Crippen LogP contribution in [0.2, 0.25) is 0 Å². The SMILES string of the molecule is O=C(CSc1ccccc1C(=O)NNC(=O)C(=O)NC1CC1)NCc1ccco1. The molecule has 0 radical (unpaired) electrons. The molecule has 3 rings (SSSR count). The Hall–Kier alpha value is -3.27. The molecule has 1 aliphatic carbocycles. The van der Waals surface area contributed by atoms with Crippen molar-refractivity contribution in [2.45, 2.75) is 30.3 Å². The number of benzene rings is 1. The minimum atomic E-state index is -0.937. The number of furan rings is 1. The average Bonchev–Trinajstić information content (AvgIpc) is 3.38. The monoisotopic (exact) mass is 416 g/mol. The molecule has 1 aromatic carbocycles. The number of hydrogen-bond donors (Lipinski definition) is 4. The Morgan fingerprint density at radius 2 is 1.79 bits per heavy atom. The van der Waals surface area contributed by atoms with E-state index in [1.165, 1.54) is 18.0 Å². The quantitative estimate of drug-likeness (QED) is 0.299. The maximum Gasteiger partial charge on any atom is 0.327 e. The van der Waals surface area contributed by atoms with Gasteiger partial charge in [-0.3, -0.25) is 30.0 Å². The Bertz CT molecular complexity index is 896. The second-order valence-electron chi connectivity index (χ2n) is 6.30. The van der Waals surface area contributed by atoms with Gasteiger partial charge < -0.3 is 15.1 Å². The fourth-order valence-corrected chi connectivity index (χ4v) is 3.17. The van der Waals surface area contributed by atoms with Crippen molar-refractivity contribution in [1.82, 2.24) is 21.5 Å². The first-order valence-corrected chi connectivity index (χ1v) is 9.93. The van der Waals surface area contributed by atoms with Gasteiger partial charge in [-0.2, -0.15) is 0 Å². The number of nitrogens with one attached hydrogen (secondary N) is 4. The van der Waals surface area contributed by atoms with Gasteiger partial charge in [0, 0.05) is 10.9 Å². The molecule has 1 fully saturated rings. The third-order valence-electron chi connectivity index (χ3n) is 3.94. The fourth-order valence-electron chi connectivity index (χ4n) is 2.29. The van der Waals surface area contributed by atoms with Crippen molar-refractivity contribution in [3.63, 3.8) is 0 Å². The molecule has 0 spiro atoms. The molecule has 152 valence electrons. The lowest BCUT2D eigenvalue weighted by molar-refractivity contribution is -0.139. The number of carbonyl (C=O) groups is 4. The zero-order chi connectivity index (χ0) is 20.6. The highest BCUT2D eigenvalue weighted by Crippen LogP contribution is 2.22. The first-order chi connectivity index (χ1) is 14.0. The molecule has 1 aliphatic rings. The molecular formula is C19H20N4O5S. The molecule has 1 saturated carbocycles. The Labute approximate surface area is 171 Å². The second kappa shape index (κ2) is 9.78. The van der Waals surface area contributed by atoms with E-state index in [0.717, 1.165) is 12.8 Å². The van der Waals surface area contributed by atoms with Gasteiger partial charge in [-0.25, -0.2) is 0 Å². The van der Waals surface area contributed by atoms with Gasteiger partial charge in [0.05, 0.1) is 24.1 Å². The molecule has 0 bridgehead atoms. The van der Waals surface area contributed by atoms with Gasteiger partial charge >= 0.3 is 11.8 Å². The molecule has 9 nitrogen and oxygen atoms in total. The van der Waals surface area contributed by atoms with E-state index in [0.29, 0.717) is 10.7 Å². The molecule has 0 atom stereocenters. The average molecular weight is 416 g/mol. The molecular weight excluding hydrogens is 396 g/mol. The van der Waals surface area contributed by atoms with E-state index < -0.39 is 17.7 Å². The zero-order valence-corrected chi connectivity index (χ0v) is 16.2. The topological polar surface area (TPSA) is 130 Å². The van der Waals surface area contributed by atoms with Gasteiger partial charge in [-0.1, -0.05) is 12.1 Å². The summed E-state index contributed by atoms with van der Waals surface area (Å²) < 4.78 is 5.15. The summed E-state index contributed by atoms with van der Waals surface area (Å²) in [4.78, 5) is 48.2. The van der Waals surface area contributed by atoms with Gasteiger partial charge in [-0.05, 0) is 37.1 Å². The van der Waals surface area contributed by atoms with Crippen LogP contribution in [0.3, 0.4) is 0 Å². The maximum atomic E-state index is 12.4. The Balaban J connectivity index is 1.48. The number of hydrogen-bond acceptors (Lipinski definition) is 6. The van der Waals surface area contributed by atoms with Gasteiger partial charge in [0.2, 0.25) is 5.91 Å². The Morgan fingerprint density at radius 3 is 2.52 bits per heavy atom. The van der Waals surface area contributed by atoms with Crippen LogP contribution in [0.5, 0.6) is 0 Å². The molecule has 10 heteroatoms. The van der Waals surface area contributed by atoms with E-state index in [2.05, 4.69) is 21.5 Å². The van der Waals surface area contributed by atoms with E-state index in [1.54, 1.807) is 36.4 Å². The van der Waals surface area contributed by atoms with Crippen molar-refractivity contribution in [3.8, 4) is 0 Å². The summed E-state index contributed by atoms with van der Waals surface area (Å²) in [5.41, 5.74) is 4.59. The standard InChI is InChI=1S/C19H20N4O5S/c24-16(20-10-13-4-3-9-28-13)11-29-15-6-2-1-5-14(15)17(25)22-23-19(27)18(26)21-12-7-8-12/h1-6,9,12H,7-8,10-11H2,(H,20,24)(H,21,26)(H,22,25)(H,23,27). The normalized spacial score (nSPS) is 12.7. The number of amides is 4. The third-order valence-corrected chi connectivity index (χ3v) is 5.01. The first kappa shape index (κ1) is 20.5. The summed E-state index contributed by atoms with van der Waals surface area (Å²) in [5, 5.41) is 5.25. The largest absolute Gasteiger partial charge is 0.467 e. The van der Waals surface area contributed by atoms with Crippen molar-refractivity contribution in [1.29, 1.82) is 0 Å². The van der Waals surface area contributed by atoms with E-state index in [-0.39, 0.29) is 29.8 Å². The highest BCUT2D eigenvalue weighted by Gasteiger charge is 2.26. The van der Waals surface area contributed by atoms with Gasteiger partial charge in [0.15, 0.2) is 0 Å². The van der Waals surface area contributed by atoms with Crippen molar-refractivity contribution < 1.29 is 23.6 Å². The van der Waals surface area contributed by atoms with Gasteiger partial charge in [0.25, 0.3) is 5.91 Å². The first-order valence-electron chi connectivity index (χ1n) is 8.95. The van der Waals surface area contributed by atoms with Crippen LogP contribution in [0, 0.1) is 0 Å². The van der Waals surface area contributed by atoms with Crippen LogP contribution in [0.1, 0.15) is 29.0 Å². The van der Waals surface area contributed by atoms with Crippen LogP contribution < -0.4 is 21.5 Å². The molecule has 29 heavy (non-hydrogen) atoms. The highest BCUT2D eigenvalue weighted by atomic mass is 32.2. The van der Waals surface area contributed by atoms with Crippen LogP contribution in [-0.4, -0.2) is 35.4 Å². The summed E-state index contributed by atoms with van der Waals surface area (Å²) in [7, 11) is 0. The van der Waals surface area contributed by atoms with Crippen molar-refractivity contribution in [3.05, 3.63) is 54.0 Å². The number of carbonyl (C=O) groups excluding carboxylic acids is 4. The lowest BCUT2D eigenvalue weighted by atomic mass is 10.2. The summed E-state index contributed by atoms with van der Waals surface area (Å²) >= 11 is 1.18. The van der Waals surface area contributed by atoms with Crippen LogP contribution >= 0.6 is 11.8 Å². The summed E-state index contributed by atoms with van der Waals surface area (Å²) in [5.74, 6) is -1.79. The van der Waals surface area contributed by atoms with Gasteiger partial charge in [0.1, 0.15) is 5.76 Å². The smallest absolute Gasteiger partial charge is 0.327 e. The summed E-state index contributed by atoms with van der Waals surface area (Å²) in [6, 6.07) is 10.2. The molecule has 0 aliphatic heterocycles. The third kappa shape index (κ3) is 6.39. The molecule has 0 saturated heterocycles. The highest BCUT2D eigenvalue weighted by molar-refractivity contribution is 8.00. The van der Waals surface area contributed by atoms with Crippen LogP contribution in [0.15, 0.2) is 52.0 Å². The fraction of sp³-hybridized carbons (Fsp3) is 0.263. The van der Waals surface area contributed by atoms with Crippen LogP contribution in [0.4, 0.5) is 0 Å². The predicted molar refractivity (Wildman–Crippen MR) is 104 cm³/mol. The summed E-state index contributed by atoms with van der Waals surface area (Å²) in [6.45, 7) is 0.281. The molecule has 2 aromatic rings. The molecule has 0 unspecified atom stereocenters. The molecule has 4 amide bonds.